The van der Waals surface area contributed by atoms with Crippen LogP contribution in [0.3, 0.4) is 0 Å². The minimum Gasteiger partial charge on any atom is -0.309 e. The Kier molecular flexibility index (Phi) is 9.16. The van der Waals surface area contributed by atoms with Crippen molar-refractivity contribution in [2.24, 2.45) is 0 Å². The van der Waals surface area contributed by atoms with Crippen molar-refractivity contribution < 1.29 is 0 Å². The Morgan fingerprint density at radius 3 is 1.05 bits per heavy atom. The van der Waals surface area contributed by atoms with Gasteiger partial charge in [0.2, 0.25) is 0 Å². The maximum atomic E-state index is 2.53. The lowest BCUT2D eigenvalue weighted by Crippen LogP contribution is -2.28. The second-order valence-electron chi connectivity index (χ2n) is 20.3. The maximum Gasteiger partial charge on any atom is 0.0547 e. The average Bonchev–Trinajstić information content (AvgIpc) is 4.18. The van der Waals surface area contributed by atoms with E-state index in [9.17, 15) is 0 Å². The molecule has 3 nitrogen and oxygen atoms in total. The molecule has 0 spiro atoms. The number of rotatable bonds is 6. The minimum absolute atomic E-state index is 1.06. The van der Waals surface area contributed by atoms with Gasteiger partial charge in [0.25, 0.3) is 0 Å². The van der Waals surface area contributed by atoms with E-state index in [0.29, 0.717) is 0 Å². The fourth-order valence-electron chi connectivity index (χ4n) is 12.9. The Labute approximate surface area is 433 Å². The molecule has 0 saturated carbocycles. The minimum atomic E-state index is 1.06. The smallest absolute Gasteiger partial charge is 0.0547 e. The Bertz CT molecular complexity index is 4790. The van der Waals surface area contributed by atoms with Gasteiger partial charge in [-0.2, -0.15) is 0 Å². The van der Waals surface area contributed by atoms with Gasteiger partial charge in [-0.15, -0.1) is 0 Å². The molecule has 15 aromatic rings. The standard InChI is InChI=1S/C72H47N3/c1-4-22-55-46(16-1)19-13-28-58(55)49-34-37-64-61-25-7-10-31-67(61)73(70(64)40-49)52-43-53(74-68-32-11-8-26-62(68)65-38-35-50(41-71(65)74)59-29-14-20-47-17-2-5-23-56(47)59)45-54(44-52)75-69-33-12-9-27-63(69)66-39-36-51(42-72(66)75)60-30-15-21-48-18-3-6-24-57(48)60/h1-2,4-5,7-45H,3,6H2. The van der Waals surface area contributed by atoms with Gasteiger partial charge in [0.05, 0.1) is 50.2 Å². The molecule has 0 N–H and O–H groups in total. The van der Waals surface area contributed by atoms with Gasteiger partial charge < -0.3 is 13.7 Å². The van der Waals surface area contributed by atoms with Crippen molar-refractivity contribution >= 4 is 99.1 Å². The van der Waals surface area contributed by atoms with Crippen LogP contribution in [0.2, 0.25) is 0 Å². The van der Waals surface area contributed by atoms with E-state index in [1.807, 2.05) is 0 Å². The summed E-state index contributed by atoms with van der Waals surface area (Å²) in [5.41, 5.74) is 17.6. The number of nitrogens with zero attached hydrogens (tertiary/aromatic N) is 3. The summed E-state index contributed by atoms with van der Waals surface area (Å²) in [5, 5.41) is 15.0. The van der Waals surface area contributed by atoms with E-state index in [2.05, 4.69) is 275 Å². The van der Waals surface area contributed by atoms with Crippen LogP contribution in [0.4, 0.5) is 0 Å². The molecule has 75 heavy (non-hydrogen) atoms. The summed E-state index contributed by atoms with van der Waals surface area (Å²) in [6.45, 7) is 0. The number of aromatic nitrogens is 3. The monoisotopic (exact) mass is 953 g/mol. The predicted molar refractivity (Wildman–Crippen MR) is 318 cm³/mol. The van der Waals surface area contributed by atoms with Crippen molar-refractivity contribution in [2.75, 3.05) is 0 Å². The maximum absolute atomic E-state index is 2.53. The molecule has 350 valence electrons. The zero-order chi connectivity index (χ0) is 49.1. The molecule has 0 unspecified atom stereocenters. The Morgan fingerprint density at radius 2 is 0.587 bits per heavy atom. The number of benzene rings is 12. The van der Waals surface area contributed by atoms with E-state index in [1.165, 1.54) is 109 Å². The highest BCUT2D eigenvalue weighted by Crippen LogP contribution is 2.42. The number of hydrogen-bond acceptors (Lipinski definition) is 0. The van der Waals surface area contributed by atoms with Gasteiger partial charge in [-0.3, -0.25) is 0 Å². The molecule has 3 heterocycles. The highest BCUT2D eigenvalue weighted by Gasteiger charge is 2.22. The van der Waals surface area contributed by atoms with Crippen molar-refractivity contribution in [2.45, 2.75) is 12.8 Å². The van der Waals surface area contributed by atoms with Crippen LogP contribution >= 0.6 is 0 Å². The summed E-state index contributed by atoms with van der Waals surface area (Å²) in [4.78, 5) is 0. The largest absolute Gasteiger partial charge is 0.309 e. The van der Waals surface area contributed by atoms with Crippen LogP contribution in [-0.4, -0.2) is 13.7 Å². The van der Waals surface area contributed by atoms with Crippen molar-refractivity contribution in [3.05, 3.63) is 259 Å². The molecule has 1 aliphatic rings. The average molecular weight is 954 g/mol. The van der Waals surface area contributed by atoms with Crippen LogP contribution in [-0.2, 0) is 0 Å². The molecular formula is C72H47N3. The van der Waals surface area contributed by atoms with E-state index in [4.69, 9.17) is 0 Å². The highest BCUT2D eigenvalue weighted by atomic mass is 15.0. The first-order chi connectivity index (χ1) is 37.2. The Balaban J connectivity index is 1.02. The van der Waals surface area contributed by atoms with Gasteiger partial charge in [0.1, 0.15) is 0 Å². The van der Waals surface area contributed by atoms with E-state index in [1.54, 1.807) is 0 Å². The molecule has 0 bridgehead atoms. The molecule has 0 saturated heterocycles. The van der Waals surface area contributed by atoms with Crippen LogP contribution in [0, 0.1) is 0 Å². The molecule has 1 aliphatic carbocycles. The summed E-state index contributed by atoms with van der Waals surface area (Å²) >= 11 is 0. The third kappa shape index (κ3) is 6.41. The molecule has 0 aliphatic heterocycles. The van der Waals surface area contributed by atoms with Crippen molar-refractivity contribution in [3.63, 3.8) is 0 Å². The Morgan fingerprint density at radius 1 is 0.240 bits per heavy atom. The molecule has 0 atom stereocenters. The lowest BCUT2D eigenvalue weighted by Gasteiger charge is -2.18. The van der Waals surface area contributed by atoms with Crippen molar-refractivity contribution in [1.29, 1.82) is 0 Å². The first kappa shape index (κ1) is 41.9. The molecule has 16 rings (SSSR count). The predicted octanol–water partition coefficient (Wildman–Crippen LogP) is 17.6. The number of para-hydroxylation sites is 3. The zero-order valence-corrected chi connectivity index (χ0v) is 41.1. The molecule has 3 heteroatoms. The summed E-state index contributed by atoms with van der Waals surface area (Å²) in [6, 6.07) is 92.9. The molecular weight excluding hydrogens is 907 g/mol. The van der Waals surface area contributed by atoms with Crippen LogP contribution in [0.5, 0.6) is 0 Å². The van der Waals surface area contributed by atoms with E-state index < -0.39 is 0 Å². The second-order valence-corrected chi connectivity index (χ2v) is 20.3. The van der Waals surface area contributed by atoms with Crippen LogP contribution in [0.15, 0.2) is 249 Å². The van der Waals surface area contributed by atoms with Gasteiger partial charge in [-0.1, -0.05) is 206 Å². The van der Waals surface area contributed by atoms with Gasteiger partial charge >= 0.3 is 0 Å². The molecule has 3 aromatic heterocycles. The lowest BCUT2D eigenvalue weighted by atomic mass is 9.97. The van der Waals surface area contributed by atoms with Crippen LogP contribution in [0.1, 0.15) is 12.8 Å². The zero-order valence-electron chi connectivity index (χ0n) is 41.1. The molecule has 0 fully saturated rings. The highest BCUT2D eigenvalue weighted by molar-refractivity contribution is 6.14. The summed E-state index contributed by atoms with van der Waals surface area (Å²) in [5.74, 6) is 0. The lowest BCUT2D eigenvalue weighted by molar-refractivity contribution is 1.10. The first-order valence-corrected chi connectivity index (χ1v) is 26.2. The molecule has 0 amide bonds. The topological polar surface area (TPSA) is 14.8 Å². The Hall–Kier alpha value is -9.70. The van der Waals surface area contributed by atoms with E-state index in [0.717, 1.165) is 52.0 Å². The summed E-state index contributed by atoms with van der Waals surface area (Å²) in [6.07, 6.45) is 6.95. The van der Waals surface area contributed by atoms with Crippen molar-refractivity contribution in [1.82, 2.24) is 13.7 Å². The third-order valence-electron chi connectivity index (χ3n) is 16.2. The molecule has 12 aromatic carbocycles. The summed E-state index contributed by atoms with van der Waals surface area (Å²) in [7, 11) is 0. The van der Waals surface area contributed by atoms with Gasteiger partial charge in [0.15, 0.2) is 0 Å². The third-order valence-corrected chi connectivity index (χ3v) is 16.2. The quantitative estimate of drug-likeness (QED) is 0.158. The van der Waals surface area contributed by atoms with Crippen molar-refractivity contribution in [3.8, 4) is 50.4 Å². The van der Waals surface area contributed by atoms with E-state index in [-0.39, 0.29) is 0 Å². The SMILES string of the molecule is C1=c2cccc(-c3ccc4c5ccccc5n(-c5cc(-n6c7ccccc7c7ccc(-c8cccc9ccccc89)cc76)cc(-n6c7ccccc7c7ccc(-c8cccc9ccccc89)cc76)c5)c4c3)c2=CCC1. The second kappa shape index (κ2) is 16.4. The van der Waals surface area contributed by atoms with Crippen LogP contribution in [0.25, 0.3) is 150 Å². The van der Waals surface area contributed by atoms with Gasteiger partial charge in [0, 0.05) is 32.3 Å². The van der Waals surface area contributed by atoms with Gasteiger partial charge in [-0.05, 0) is 133 Å². The fraction of sp³-hybridized carbons (Fsp3) is 0.0278. The summed E-state index contributed by atoms with van der Waals surface area (Å²) < 4.78 is 7.56. The van der Waals surface area contributed by atoms with Gasteiger partial charge in [-0.25, -0.2) is 0 Å². The van der Waals surface area contributed by atoms with E-state index >= 15 is 0 Å². The molecule has 0 radical (unpaired) electrons. The number of hydrogen-bond donors (Lipinski definition) is 0. The fourth-order valence-corrected chi connectivity index (χ4v) is 12.9. The number of fused-ring (bicyclic) bond motifs is 12. The normalized spacial score (nSPS) is 12.6. The first-order valence-electron chi connectivity index (χ1n) is 26.2. The van der Waals surface area contributed by atoms with Crippen LogP contribution < -0.4 is 10.4 Å².